The van der Waals surface area contributed by atoms with Crippen LogP contribution in [0.2, 0.25) is 0 Å². The number of benzene rings is 2. The highest BCUT2D eigenvalue weighted by Gasteiger charge is 2.10. The molecule has 0 unspecified atom stereocenters. The molecule has 0 aliphatic heterocycles. The molecular formula is C13H7Br2FO3. The minimum absolute atomic E-state index is 0.0256. The zero-order valence-corrected chi connectivity index (χ0v) is 12.5. The van der Waals surface area contributed by atoms with Gasteiger partial charge in [0.15, 0.2) is 11.6 Å². The van der Waals surface area contributed by atoms with Gasteiger partial charge < -0.3 is 9.84 Å². The van der Waals surface area contributed by atoms with Crippen LogP contribution in [0, 0.1) is 5.82 Å². The molecule has 0 fully saturated rings. The molecule has 19 heavy (non-hydrogen) atoms. The summed E-state index contributed by atoms with van der Waals surface area (Å²) < 4.78 is 20.1. The van der Waals surface area contributed by atoms with E-state index in [0.29, 0.717) is 8.95 Å². The van der Waals surface area contributed by atoms with E-state index in [2.05, 4.69) is 31.9 Å². The van der Waals surface area contributed by atoms with Gasteiger partial charge >= 0.3 is 5.97 Å². The molecule has 0 amide bonds. The lowest BCUT2D eigenvalue weighted by molar-refractivity contribution is 0.0696. The van der Waals surface area contributed by atoms with Gasteiger partial charge in [0.2, 0.25) is 0 Å². The molecule has 0 saturated carbocycles. The Hall–Kier alpha value is -1.40. The Bertz CT molecular complexity index is 644. The average molecular weight is 390 g/mol. The summed E-state index contributed by atoms with van der Waals surface area (Å²) >= 11 is 6.32. The predicted octanol–water partition coefficient (Wildman–Crippen LogP) is 4.84. The molecule has 3 nitrogen and oxygen atoms in total. The van der Waals surface area contributed by atoms with E-state index >= 15 is 0 Å². The number of hydrogen-bond acceptors (Lipinski definition) is 2. The maximum Gasteiger partial charge on any atom is 0.335 e. The fourth-order valence-electron chi connectivity index (χ4n) is 1.43. The van der Waals surface area contributed by atoms with Gasteiger partial charge in [-0.1, -0.05) is 31.9 Å². The Morgan fingerprint density at radius 2 is 1.84 bits per heavy atom. The summed E-state index contributed by atoms with van der Waals surface area (Å²) in [6.07, 6.45) is 0. The van der Waals surface area contributed by atoms with E-state index in [1.807, 2.05) is 0 Å². The third-order valence-electron chi connectivity index (χ3n) is 2.24. The SMILES string of the molecule is O=C(O)c1cc(Br)cc(Oc2ccc(Br)cc2F)c1. The molecule has 6 heteroatoms. The lowest BCUT2D eigenvalue weighted by atomic mass is 10.2. The molecule has 1 N–H and O–H groups in total. The maximum atomic E-state index is 13.6. The Kier molecular flexibility index (Phi) is 4.21. The molecule has 0 spiro atoms. The summed E-state index contributed by atoms with van der Waals surface area (Å²) in [4.78, 5) is 10.9. The van der Waals surface area contributed by atoms with Crippen LogP contribution in [-0.2, 0) is 0 Å². The molecule has 2 rings (SSSR count). The monoisotopic (exact) mass is 388 g/mol. The topological polar surface area (TPSA) is 46.5 Å². The van der Waals surface area contributed by atoms with Crippen LogP contribution in [-0.4, -0.2) is 11.1 Å². The van der Waals surface area contributed by atoms with Gasteiger partial charge in [-0.05, 0) is 36.4 Å². The average Bonchev–Trinajstić information content (AvgIpc) is 2.32. The zero-order chi connectivity index (χ0) is 14.0. The second-order valence-corrected chi connectivity index (χ2v) is 5.49. The van der Waals surface area contributed by atoms with Gasteiger partial charge in [-0.2, -0.15) is 0 Å². The lowest BCUT2D eigenvalue weighted by Crippen LogP contribution is -1.97. The molecular weight excluding hydrogens is 383 g/mol. The van der Waals surface area contributed by atoms with Crippen LogP contribution in [0.1, 0.15) is 10.4 Å². The van der Waals surface area contributed by atoms with E-state index in [0.717, 1.165) is 0 Å². The number of carbonyl (C=O) groups is 1. The van der Waals surface area contributed by atoms with E-state index in [1.54, 1.807) is 12.1 Å². The minimum atomic E-state index is -1.08. The molecule has 0 aliphatic carbocycles. The largest absolute Gasteiger partial charge is 0.478 e. The Morgan fingerprint density at radius 3 is 2.47 bits per heavy atom. The van der Waals surface area contributed by atoms with E-state index in [1.165, 1.54) is 24.3 Å². The first-order valence-electron chi connectivity index (χ1n) is 5.12. The van der Waals surface area contributed by atoms with Crippen LogP contribution >= 0.6 is 31.9 Å². The highest BCUT2D eigenvalue weighted by molar-refractivity contribution is 9.10. The van der Waals surface area contributed by atoms with Gasteiger partial charge in [0.05, 0.1) is 5.56 Å². The quantitative estimate of drug-likeness (QED) is 0.816. The van der Waals surface area contributed by atoms with Crippen LogP contribution in [0.15, 0.2) is 45.3 Å². The first kappa shape index (κ1) is 14.0. The van der Waals surface area contributed by atoms with Crippen molar-refractivity contribution in [2.75, 3.05) is 0 Å². The zero-order valence-electron chi connectivity index (χ0n) is 9.36. The molecule has 0 radical (unpaired) electrons. The van der Waals surface area contributed by atoms with Crippen molar-refractivity contribution in [1.82, 2.24) is 0 Å². The van der Waals surface area contributed by atoms with Crippen LogP contribution in [0.3, 0.4) is 0 Å². The van der Waals surface area contributed by atoms with Crippen molar-refractivity contribution >= 4 is 37.8 Å². The molecule has 98 valence electrons. The molecule has 2 aromatic rings. The van der Waals surface area contributed by atoms with Crippen LogP contribution in [0.5, 0.6) is 11.5 Å². The summed E-state index contributed by atoms with van der Waals surface area (Å²) in [6, 6.07) is 8.69. The molecule has 2 aromatic carbocycles. The second kappa shape index (κ2) is 5.71. The van der Waals surface area contributed by atoms with E-state index < -0.39 is 11.8 Å². The number of carboxylic acid groups (broad SMARTS) is 1. The number of ether oxygens (including phenoxy) is 1. The van der Waals surface area contributed by atoms with Crippen LogP contribution in [0.25, 0.3) is 0 Å². The van der Waals surface area contributed by atoms with Crippen LogP contribution < -0.4 is 4.74 Å². The standard InChI is InChI=1S/C13H7Br2FO3/c14-8-1-2-12(11(16)6-8)19-10-4-7(13(17)18)3-9(15)5-10/h1-6H,(H,17,18). The van der Waals surface area contributed by atoms with Gasteiger partial charge in [-0.15, -0.1) is 0 Å². The molecule has 0 saturated heterocycles. The van der Waals surface area contributed by atoms with Crippen molar-refractivity contribution in [2.45, 2.75) is 0 Å². The highest BCUT2D eigenvalue weighted by atomic mass is 79.9. The Morgan fingerprint density at radius 1 is 1.11 bits per heavy atom. The molecule has 0 atom stereocenters. The molecule has 0 aliphatic rings. The summed E-state index contributed by atoms with van der Waals surface area (Å²) in [5, 5.41) is 8.93. The fraction of sp³-hybridized carbons (Fsp3) is 0. The predicted molar refractivity (Wildman–Crippen MR) is 75.3 cm³/mol. The number of halogens is 3. The number of rotatable bonds is 3. The summed E-state index contributed by atoms with van der Waals surface area (Å²) in [5.41, 5.74) is 0.0573. The minimum Gasteiger partial charge on any atom is -0.478 e. The maximum absolute atomic E-state index is 13.6. The van der Waals surface area contributed by atoms with E-state index in [9.17, 15) is 9.18 Å². The van der Waals surface area contributed by atoms with Crippen LogP contribution in [0.4, 0.5) is 4.39 Å². The van der Waals surface area contributed by atoms with Gasteiger partial charge in [0.1, 0.15) is 5.75 Å². The first-order valence-corrected chi connectivity index (χ1v) is 6.71. The summed E-state index contributed by atoms with van der Waals surface area (Å²) in [7, 11) is 0. The number of hydrogen-bond donors (Lipinski definition) is 1. The summed E-state index contributed by atoms with van der Waals surface area (Å²) in [6.45, 7) is 0. The number of carboxylic acids is 1. The highest BCUT2D eigenvalue weighted by Crippen LogP contribution is 2.29. The van der Waals surface area contributed by atoms with E-state index in [4.69, 9.17) is 9.84 Å². The molecule has 0 heterocycles. The van der Waals surface area contributed by atoms with Crippen molar-refractivity contribution in [3.05, 3.63) is 56.7 Å². The van der Waals surface area contributed by atoms with Gasteiger partial charge in [-0.25, -0.2) is 9.18 Å². The number of aromatic carboxylic acids is 1. The summed E-state index contributed by atoms with van der Waals surface area (Å²) in [5.74, 6) is -1.35. The third kappa shape index (κ3) is 3.54. The van der Waals surface area contributed by atoms with Crippen molar-refractivity contribution in [1.29, 1.82) is 0 Å². The third-order valence-corrected chi connectivity index (χ3v) is 3.19. The van der Waals surface area contributed by atoms with Crippen molar-refractivity contribution in [3.8, 4) is 11.5 Å². The van der Waals surface area contributed by atoms with Gasteiger partial charge in [0.25, 0.3) is 0 Å². The van der Waals surface area contributed by atoms with Crippen molar-refractivity contribution < 1.29 is 19.0 Å². The smallest absolute Gasteiger partial charge is 0.335 e. The first-order chi connectivity index (χ1) is 8.95. The normalized spacial score (nSPS) is 10.3. The van der Waals surface area contributed by atoms with Crippen molar-refractivity contribution in [2.24, 2.45) is 0 Å². The van der Waals surface area contributed by atoms with E-state index in [-0.39, 0.29) is 17.1 Å². The second-order valence-electron chi connectivity index (χ2n) is 3.66. The molecule has 0 aromatic heterocycles. The Balaban J connectivity index is 2.35. The van der Waals surface area contributed by atoms with Gasteiger partial charge in [-0.3, -0.25) is 0 Å². The fourth-order valence-corrected chi connectivity index (χ4v) is 2.24. The van der Waals surface area contributed by atoms with Gasteiger partial charge in [0, 0.05) is 8.95 Å². The molecule has 0 bridgehead atoms. The Labute approximate surface area is 125 Å². The lowest BCUT2D eigenvalue weighted by Gasteiger charge is -2.08. The van der Waals surface area contributed by atoms with Crippen molar-refractivity contribution in [3.63, 3.8) is 0 Å².